The fourth-order valence-electron chi connectivity index (χ4n) is 2.84. The van der Waals surface area contributed by atoms with Crippen molar-refractivity contribution in [2.24, 2.45) is 4.99 Å². The average molecular weight is 365 g/mol. The van der Waals surface area contributed by atoms with E-state index in [9.17, 15) is 13.2 Å². The Hall–Kier alpha value is -1.86. The van der Waals surface area contributed by atoms with Crippen LogP contribution in [0.2, 0.25) is 0 Å². The topological polar surface area (TPSA) is 37.3 Å². The second-order valence-electron chi connectivity index (χ2n) is 6.06. The number of hydrogen-bond donors (Lipinski definition) is 1. The highest BCUT2D eigenvalue weighted by atomic mass is 32.2. The molecule has 1 aromatic heterocycles. The molecule has 1 aromatic carbocycles. The number of aliphatic imine (C=N–C) groups is 1. The van der Waals surface area contributed by atoms with Gasteiger partial charge in [0.2, 0.25) is 0 Å². The van der Waals surface area contributed by atoms with Gasteiger partial charge in [0.1, 0.15) is 5.50 Å². The van der Waals surface area contributed by atoms with Crippen molar-refractivity contribution in [3.05, 3.63) is 65.5 Å². The third-order valence-corrected chi connectivity index (χ3v) is 5.50. The van der Waals surface area contributed by atoms with Crippen LogP contribution in [0.3, 0.4) is 0 Å². The average Bonchev–Trinajstić information content (AvgIpc) is 2.97. The number of aromatic nitrogens is 1. The summed E-state index contributed by atoms with van der Waals surface area (Å²) in [5.41, 5.74) is 0.362. The van der Waals surface area contributed by atoms with Gasteiger partial charge in [-0.1, -0.05) is 18.2 Å². The highest BCUT2D eigenvalue weighted by Crippen LogP contribution is 2.42. The van der Waals surface area contributed by atoms with Crippen LogP contribution >= 0.6 is 11.8 Å². The van der Waals surface area contributed by atoms with Gasteiger partial charge in [-0.2, -0.15) is 13.2 Å². The Bertz CT molecular complexity index is 764. The SMILES string of the molecule is CC(NC1N=CC(C)(c2ccncc2)S1)c1ccccc1C(F)(F)F. The maximum atomic E-state index is 13.2. The van der Waals surface area contributed by atoms with Gasteiger partial charge in [0.05, 0.1) is 10.3 Å². The Balaban J connectivity index is 1.74. The number of nitrogens with one attached hydrogen (secondary N) is 1. The predicted molar refractivity (Wildman–Crippen MR) is 94.5 cm³/mol. The van der Waals surface area contributed by atoms with E-state index >= 15 is 0 Å². The van der Waals surface area contributed by atoms with Crippen molar-refractivity contribution in [1.29, 1.82) is 0 Å². The lowest BCUT2D eigenvalue weighted by Crippen LogP contribution is -2.29. The van der Waals surface area contributed by atoms with Crippen LogP contribution in [0.15, 0.2) is 53.8 Å². The molecule has 0 saturated carbocycles. The van der Waals surface area contributed by atoms with Gasteiger partial charge < -0.3 is 0 Å². The Morgan fingerprint density at radius 2 is 1.84 bits per heavy atom. The zero-order chi connectivity index (χ0) is 18.1. The van der Waals surface area contributed by atoms with Crippen molar-refractivity contribution in [2.45, 2.75) is 36.3 Å². The zero-order valence-corrected chi connectivity index (χ0v) is 14.6. The fraction of sp³-hybridized carbons (Fsp3) is 0.333. The van der Waals surface area contributed by atoms with E-state index < -0.39 is 17.8 Å². The van der Waals surface area contributed by atoms with E-state index in [2.05, 4.69) is 15.3 Å². The molecule has 0 saturated heterocycles. The van der Waals surface area contributed by atoms with Crippen LogP contribution in [0.1, 0.15) is 36.6 Å². The first kappa shape index (κ1) is 17.9. The van der Waals surface area contributed by atoms with Crippen molar-refractivity contribution in [3.8, 4) is 0 Å². The minimum atomic E-state index is -4.37. The highest BCUT2D eigenvalue weighted by Gasteiger charge is 2.37. The number of hydrogen-bond acceptors (Lipinski definition) is 4. The van der Waals surface area contributed by atoms with Crippen LogP contribution in [-0.2, 0) is 10.9 Å². The number of nitrogens with zero attached hydrogens (tertiary/aromatic N) is 2. The lowest BCUT2D eigenvalue weighted by Gasteiger charge is -2.25. The van der Waals surface area contributed by atoms with E-state index in [1.54, 1.807) is 37.1 Å². The monoisotopic (exact) mass is 365 g/mol. The molecule has 0 amide bonds. The second kappa shape index (κ2) is 6.80. The molecule has 1 N–H and O–H groups in total. The lowest BCUT2D eigenvalue weighted by molar-refractivity contribution is -0.138. The van der Waals surface area contributed by atoms with Gasteiger partial charge in [-0.15, -0.1) is 11.8 Å². The van der Waals surface area contributed by atoms with E-state index in [1.807, 2.05) is 25.3 Å². The van der Waals surface area contributed by atoms with Gasteiger partial charge in [0.15, 0.2) is 0 Å². The molecule has 1 aliphatic rings. The molecule has 2 aromatic rings. The minimum absolute atomic E-state index is 0.225. The van der Waals surface area contributed by atoms with Crippen molar-refractivity contribution in [2.75, 3.05) is 0 Å². The molecule has 3 unspecified atom stereocenters. The number of pyridine rings is 1. The van der Waals surface area contributed by atoms with Crippen LogP contribution in [0.4, 0.5) is 13.2 Å². The van der Waals surface area contributed by atoms with Crippen LogP contribution in [-0.4, -0.2) is 16.7 Å². The number of rotatable bonds is 4. The molecule has 2 heterocycles. The molecule has 0 bridgehead atoms. The predicted octanol–water partition coefficient (Wildman–Crippen LogP) is 4.77. The highest BCUT2D eigenvalue weighted by molar-refractivity contribution is 8.01. The van der Waals surface area contributed by atoms with E-state index in [0.29, 0.717) is 0 Å². The zero-order valence-electron chi connectivity index (χ0n) is 13.8. The first-order valence-electron chi connectivity index (χ1n) is 7.84. The van der Waals surface area contributed by atoms with Crippen LogP contribution in [0, 0.1) is 0 Å². The molecule has 0 aliphatic carbocycles. The molecule has 3 rings (SSSR count). The van der Waals surface area contributed by atoms with Crippen LogP contribution in [0.5, 0.6) is 0 Å². The summed E-state index contributed by atoms with van der Waals surface area (Å²) in [5.74, 6) is 0. The van der Waals surface area contributed by atoms with Crippen LogP contribution < -0.4 is 5.32 Å². The van der Waals surface area contributed by atoms with Gasteiger partial charge in [0.25, 0.3) is 0 Å². The third-order valence-electron chi connectivity index (χ3n) is 4.19. The first-order valence-corrected chi connectivity index (χ1v) is 8.72. The Morgan fingerprint density at radius 1 is 1.16 bits per heavy atom. The second-order valence-corrected chi connectivity index (χ2v) is 7.59. The Morgan fingerprint density at radius 3 is 2.52 bits per heavy atom. The van der Waals surface area contributed by atoms with E-state index in [1.165, 1.54) is 12.1 Å². The fourth-order valence-corrected chi connectivity index (χ4v) is 4.09. The molecule has 7 heteroatoms. The van der Waals surface area contributed by atoms with E-state index in [0.717, 1.165) is 11.6 Å². The maximum Gasteiger partial charge on any atom is 0.416 e. The van der Waals surface area contributed by atoms with Gasteiger partial charge in [0, 0.05) is 24.7 Å². The summed E-state index contributed by atoms with van der Waals surface area (Å²) in [7, 11) is 0. The molecule has 132 valence electrons. The standard InChI is InChI=1S/C18H18F3N3S/c1-12(14-5-3-4-6-15(14)18(19,20)21)24-16-23-11-17(2,25-16)13-7-9-22-10-8-13/h3-12,16,24H,1-2H3. The summed E-state index contributed by atoms with van der Waals surface area (Å²) in [6, 6.07) is 9.00. The van der Waals surface area contributed by atoms with Crippen molar-refractivity contribution < 1.29 is 13.2 Å². The lowest BCUT2D eigenvalue weighted by atomic mass is 10.0. The summed E-state index contributed by atoms with van der Waals surface area (Å²) < 4.78 is 39.3. The Kier molecular flexibility index (Phi) is 4.88. The maximum absolute atomic E-state index is 13.2. The summed E-state index contributed by atoms with van der Waals surface area (Å²) in [4.78, 5) is 8.46. The van der Waals surface area contributed by atoms with Gasteiger partial charge in [-0.05, 0) is 43.2 Å². The number of alkyl halides is 3. The molecule has 3 atom stereocenters. The minimum Gasteiger partial charge on any atom is -0.281 e. The third kappa shape index (κ3) is 3.88. The molecule has 0 fully saturated rings. The molecular formula is C18H18F3N3S. The molecule has 25 heavy (non-hydrogen) atoms. The van der Waals surface area contributed by atoms with Crippen molar-refractivity contribution >= 4 is 18.0 Å². The van der Waals surface area contributed by atoms with Crippen molar-refractivity contribution in [1.82, 2.24) is 10.3 Å². The normalized spacial score (nSPS) is 24.4. The van der Waals surface area contributed by atoms with E-state index in [4.69, 9.17) is 0 Å². The largest absolute Gasteiger partial charge is 0.416 e. The number of thioether (sulfide) groups is 1. The molecule has 1 aliphatic heterocycles. The molecule has 3 nitrogen and oxygen atoms in total. The molecule has 0 spiro atoms. The van der Waals surface area contributed by atoms with Gasteiger partial charge in [-0.25, -0.2) is 0 Å². The van der Waals surface area contributed by atoms with Crippen molar-refractivity contribution in [3.63, 3.8) is 0 Å². The molecular weight excluding hydrogens is 347 g/mol. The summed E-state index contributed by atoms with van der Waals surface area (Å²) >= 11 is 1.56. The smallest absolute Gasteiger partial charge is 0.281 e. The quantitative estimate of drug-likeness (QED) is 0.848. The Labute approximate surface area is 148 Å². The van der Waals surface area contributed by atoms with E-state index in [-0.39, 0.29) is 15.8 Å². The van der Waals surface area contributed by atoms with Gasteiger partial charge >= 0.3 is 6.18 Å². The summed E-state index contributed by atoms with van der Waals surface area (Å²) in [6.07, 6.45) is 0.910. The summed E-state index contributed by atoms with van der Waals surface area (Å²) in [5, 5.41) is 3.18. The first-order chi connectivity index (χ1) is 11.8. The molecule has 0 radical (unpaired) electrons. The number of halogens is 3. The van der Waals surface area contributed by atoms with Crippen LogP contribution in [0.25, 0.3) is 0 Å². The number of benzene rings is 1. The summed E-state index contributed by atoms with van der Waals surface area (Å²) in [6.45, 7) is 3.76. The van der Waals surface area contributed by atoms with Gasteiger partial charge in [-0.3, -0.25) is 15.3 Å².